The van der Waals surface area contributed by atoms with E-state index >= 15 is 0 Å². The van der Waals surface area contributed by atoms with Crippen molar-refractivity contribution >= 4 is 19.7 Å². The minimum atomic E-state index is -3.73. The van der Waals surface area contributed by atoms with E-state index in [1.54, 1.807) is 60.7 Å². The summed E-state index contributed by atoms with van der Waals surface area (Å²) in [7, 11) is -7.46. The summed E-state index contributed by atoms with van der Waals surface area (Å²) in [5.41, 5.74) is 0. The molecule has 0 heterocycles. The van der Waals surface area contributed by atoms with Crippen molar-refractivity contribution in [2.75, 3.05) is 0 Å². The predicted molar refractivity (Wildman–Crippen MR) is 103 cm³/mol. The van der Waals surface area contributed by atoms with Crippen LogP contribution in [-0.4, -0.2) is 27.3 Å². The third kappa shape index (κ3) is 2.32. The Bertz CT molecular complexity index is 1020. The van der Waals surface area contributed by atoms with Crippen molar-refractivity contribution in [1.29, 1.82) is 0 Å². The Morgan fingerprint density at radius 1 is 0.593 bits per heavy atom. The van der Waals surface area contributed by atoms with Crippen LogP contribution in [0, 0.1) is 23.7 Å². The fraction of sp³-hybridized carbons (Fsp3) is 0.333. The van der Waals surface area contributed by atoms with Crippen LogP contribution in [0.3, 0.4) is 0 Å². The van der Waals surface area contributed by atoms with E-state index < -0.39 is 30.2 Å². The maximum Gasteiger partial charge on any atom is 0.182 e. The number of benzene rings is 2. The normalized spacial score (nSPS) is 34.2. The molecule has 3 aliphatic rings. The number of rotatable bonds is 4. The molecule has 2 saturated carbocycles. The molecule has 2 fully saturated rings. The maximum absolute atomic E-state index is 13.4. The largest absolute Gasteiger partial charge is 0.223 e. The standard InChI is InChI=1S/C21H20O4S2/c22-26(23,16-7-3-1-4-8-16)20-18-14-11-12-15(13-14)19(18)21(20)27(24,25)17-9-5-2-6-10-17/h1-12,14-15,18-21H,13H2/t14-,15-,18-,19+,20-,21+/m0/s1. The first-order chi connectivity index (χ1) is 12.9. The predicted octanol–water partition coefficient (Wildman–Crippen LogP) is 3.12. The van der Waals surface area contributed by atoms with Crippen LogP contribution < -0.4 is 0 Å². The van der Waals surface area contributed by atoms with Gasteiger partial charge in [-0.2, -0.15) is 0 Å². The second-order valence-electron chi connectivity index (χ2n) is 7.75. The Hall–Kier alpha value is -1.92. The Kier molecular flexibility index (Phi) is 3.69. The summed E-state index contributed by atoms with van der Waals surface area (Å²) in [5.74, 6) is 0.138. The fourth-order valence-electron chi connectivity index (χ4n) is 5.42. The molecule has 6 heteroatoms. The van der Waals surface area contributed by atoms with E-state index in [1.807, 2.05) is 0 Å². The van der Waals surface area contributed by atoms with Crippen LogP contribution in [0.25, 0.3) is 0 Å². The lowest BCUT2D eigenvalue weighted by atomic mass is 9.67. The summed E-state index contributed by atoms with van der Waals surface area (Å²) < 4.78 is 53.7. The minimum absolute atomic E-state index is 0.103. The van der Waals surface area contributed by atoms with Gasteiger partial charge in [0.15, 0.2) is 19.7 Å². The Morgan fingerprint density at radius 3 is 1.33 bits per heavy atom. The first-order valence-electron chi connectivity index (χ1n) is 9.18. The fourth-order valence-corrected chi connectivity index (χ4v) is 10.7. The van der Waals surface area contributed by atoms with Gasteiger partial charge in [0.2, 0.25) is 0 Å². The molecule has 0 unspecified atom stereocenters. The van der Waals surface area contributed by atoms with Crippen molar-refractivity contribution in [2.45, 2.75) is 26.7 Å². The molecular formula is C21H20O4S2. The summed E-state index contributed by atoms with van der Waals surface area (Å²) in [4.78, 5) is 0.432. The molecule has 2 aromatic carbocycles. The molecule has 2 aromatic rings. The zero-order valence-corrected chi connectivity index (χ0v) is 16.2. The summed E-state index contributed by atoms with van der Waals surface area (Å²) >= 11 is 0. The average Bonchev–Trinajstić information content (AvgIpc) is 3.20. The summed E-state index contributed by atoms with van der Waals surface area (Å²) in [6, 6.07) is 16.5. The molecule has 0 aliphatic heterocycles. The first-order valence-corrected chi connectivity index (χ1v) is 12.3. The second kappa shape index (κ2) is 5.79. The van der Waals surface area contributed by atoms with Crippen LogP contribution in [0.4, 0.5) is 0 Å². The van der Waals surface area contributed by atoms with Crippen LogP contribution >= 0.6 is 0 Å². The highest BCUT2D eigenvalue weighted by molar-refractivity contribution is 7.96. The molecule has 0 N–H and O–H groups in total. The Morgan fingerprint density at radius 2 is 0.963 bits per heavy atom. The first kappa shape index (κ1) is 17.2. The number of sulfone groups is 2. The van der Waals surface area contributed by atoms with Gasteiger partial charge >= 0.3 is 0 Å². The third-order valence-electron chi connectivity index (χ3n) is 6.53. The molecule has 2 bridgehead atoms. The van der Waals surface area contributed by atoms with Crippen LogP contribution in [0.1, 0.15) is 6.42 Å². The van der Waals surface area contributed by atoms with Crippen molar-refractivity contribution in [3.8, 4) is 0 Å². The molecule has 0 saturated heterocycles. The molecular weight excluding hydrogens is 380 g/mol. The summed E-state index contributed by atoms with van der Waals surface area (Å²) in [6.07, 6.45) is 5.05. The van der Waals surface area contributed by atoms with Gasteiger partial charge in [-0.05, 0) is 54.4 Å². The van der Waals surface area contributed by atoms with Gasteiger partial charge in [-0.15, -0.1) is 0 Å². The quantitative estimate of drug-likeness (QED) is 0.740. The Balaban J connectivity index is 1.64. The van der Waals surface area contributed by atoms with Crippen LogP contribution in [0.2, 0.25) is 0 Å². The molecule has 0 aromatic heterocycles. The lowest BCUT2D eigenvalue weighted by molar-refractivity contribution is 0.171. The van der Waals surface area contributed by atoms with Crippen molar-refractivity contribution in [3.63, 3.8) is 0 Å². The molecule has 3 aliphatic carbocycles. The molecule has 0 radical (unpaired) electrons. The molecule has 6 atom stereocenters. The average molecular weight is 401 g/mol. The highest BCUT2D eigenvalue weighted by Crippen LogP contribution is 2.63. The maximum atomic E-state index is 13.4. The second-order valence-corrected chi connectivity index (χ2v) is 12.0. The van der Waals surface area contributed by atoms with Crippen LogP contribution in [-0.2, 0) is 19.7 Å². The van der Waals surface area contributed by atoms with Gasteiger partial charge in [0.05, 0.1) is 20.3 Å². The smallest absolute Gasteiger partial charge is 0.182 e. The highest BCUT2D eigenvalue weighted by atomic mass is 32.2. The molecule has 0 spiro atoms. The molecule has 4 nitrogen and oxygen atoms in total. The zero-order chi connectivity index (χ0) is 18.8. The van der Waals surface area contributed by atoms with Gasteiger partial charge in [0, 0.05) is 0 Å². The minimum Gasteiger partial charge on any atom is -0.223 e. The Labute approximate surface area is 159 Å². The molecule has 5 rings (SSSR count). The number of allylic oxidation sites excluding steroid dienone is 2. The lowest BCUT2D eigenvalue weighted by Crippen LogP contribution is -2.63. The number of fused-ring (bicyclic) bond motifs is 5. The van der Waals surface area contributed by atoms with E-state index in [4.69, 9.17) is 0 Å². The summed E-state index contributed by atoms with van der Waals surface area (Å²) in [6.45, 7) is 0. The molecule has 27 heavy (non-hydrogen) atoms. The molecule has 140 valence electrons. The van der Waals surface area contributed by atoms with E-state index in [-0.39, 0.29) is 33.5 Å². The van der Waals surface area contributed by atoms with Crippen molar-refractivity contribution in [3.05, 3.63) is 72.8 Å². The van der Waals surface area contributed by atoms with Gasteiger partial charge in [0.1, 0.15) is 0 Å². The number of hydrogen-bond donors (Lipinski definition) is 0. The third-order valence-corrected chi connectivity index (χ3v) is 11.2. The van der Waals surface area contributed by atoms with Gasteiger partial charge in [-0.3, -0.25) is 0 Å². The van der Waals surface area contributed by atoms with Crippen LogP contribution in [0.5, 0.6) is 0 Å². The van der Waals surface area contributed by atoms with Crippen molar-refractivity contribution in [1.82, 2.24) is 0 Å². The number of hydrogen-bond acceptors (Lipinski definition) is 4. The molecule has 0 amide bonds. The van der Waals surface area contributed by atoms with E-state index in [0.717, 1.165) is 6.42 Å². The van der Waals surface area contributed by atoms with Gasteiger partial charge < -0.3 is 0 Å². The van der Waals surface area contributed by atoms with E-state index in [2.05, 4.69) is 12.2 Å². The van der Waals surface area contributed by atoms with Gasteiger partial charge in [0.25, 0.3) is 0 Å². The monoisotopic (exact) mass is 400 g/mol. The topological polar surface area (TPSA) is 68.3 Å². The van der Waals surface area contributed by atoms with E-state index in [9.17, 15) is 16.8 Å². The van der Waals surface area contributed by atoms with Crippen molar-refractivity contribution in [2.24, 2.45) is 23.7 Å². The summed E-state index contributed by atoms with van der Waals surface area (Å²) in [5, 5.41) is -1.76. The zero-order valence-electron chi connectivity index (χ0n) is 14.5. The van der Waals surface area contributed by atoms with Crippen LogP contribution in [0.15, 0.2) is 82.6 Å². The SMILES string of the molecule is O=S(=O)(c1ccccc1)[C@@H]1[C@H]2[C@@H]([C@@H]1S(=O)(=O)c1ccccc1)[C@H]1C=C[C@H]2C1. The van der Waals surface area contributed by atoms with Gasteiger partial charge in [-0.1, -0.05) is 48.6 Å². The van der Waals surface area contributed by atoms with E-state index in [0.29, 0.717) is 0 Å². The lowest BCUT2D eigenvalue weighted by Gasteiger charge is -2.51. The van der Waals surface area contributed by atoms with Gasteiger partial charge in [-0.25, -0.2) is 16.8 Å². The van der Waals surface area contributed by atoms with E-state index in [1.165, 1.54) is 0 Å². The van der Waals surface area contributed by atoms with Crippen molar-refractivity contribution < 1.29 is 16.8 Å². The highest BCUT2D eigenvalue weighted by Gasteiger charge is 2.69.